The van der Waals surface area contributed by atoms with Gasteiger partial charge >= 0.3 is 11.6 Å². The zero-order chi connectivity index (χ0) is 21.1. The van der Waals surface area contributed by atoms with Gasteiger partial charge in [0.1, 0.15) is 22.5 Å². The summed E-state index contributed by atoms with van der Waals surface area (Å²) in [7, 11) is 0. The number of ether oxygens (including phenoxy) is 1. The number of rotatable bonds is 5. The second-order valence-corrected chi connectivity index (χ2v) is 6.25. The molecule has 148 valence electrons. The Kier molecular flexibility index (Phi) is 5.60. The Hall–Kier alpha value is -3.72. The maximum Gasteiger partial charge on any atom is 0.350 e. The third kappa shape index (κ3) is 4.25. The molecule has 0 bridgehead atoms. The summed E-state index contributed by atoms with van der Waals surface area (Å²) in [5.41, 5.74) is -1.70. The van der Waals surface area contributed by atoms with Crippen molar-refractivity contribution in [1.29, 1.82) is 0 Å². The van der Waals surface area contributed by atoms with Gasteiger partial charge in [-0.25, -0.2) is 9.59 Å². The van der Waals surface area contributed by atoms with E-state index >= 15 is 0 Å². The molecule has 0 aliphatic heterocycles. The minimum absolute atomic E-state index is 0.000609. The molecule has 1 N–H and O–H groups in total. The highest BCUT2D eigenvalue weighted by Gasteiger charge is 2.23. The molecule has 1 aromatic heterocycles. The van der Waals surface area contributed by atoms with Gasteiger partial charge in [0.15, 0.2) is 0 Å². The van der Waals surface area contributed by atoms with Crippen LogP contribution < -0.4 is 15.7 Å². The van der Waals surface area contributed by atoms with Crippen molar-refractivity contribution in [3.8, 4) is 5.75 Å². The minimum Gasteiger partial charge on any atom is -0.423 e. The van der Waals surface area contributed by atoms with Gasteiger partial charge in [-0.15, -0.1) is 0 Å². The van der Waals surface area contributed by atoms with Crippen molar-refractivity contribution in [3.05, 3.63) is 79.1 Å². The van der Waals surface area contributed by atoms with E-state index in [1.165, 1.54) is 36.4 Å². The summed E-state index contributed by atoms with van der Waals surface area (Å²) in [6.45, 7) is 2.06. The molecule has 0 saturated carbocycles. The molecular weight excluding hydrogens is 404 g/mol. The van der Waals surface area contributed by atoms with Gasteiger partial charge in [0.25, 0.3) is 11.6 Å². The van der Waals surface area contributed by atoms with E-state index < -0.39 is 28.1 Å². The van der Waals surface area contributed by atoms with Gasteiger partial charge in [0.2, 0.25) is 0 Å². The summed E-state index contributed by atoms with van der Waals surface area (Å²) in [5.74, 6) is -1.54. The summed E-state index contributed by atoms with van der Waals surface area (Å²) in [6, 6.07) is 9.08. The molecule has 0 aliphatic carbocycles. The van der Waals surface area contributed by atoms with Crippen LogP contribution in [0.4, 0.5) is 5.69 Å². The van der Waals surface area contributed by atoms with Gasteiger partial charge in [-0.05, 0) is 37.3 Å². The lowest BCUT2D eigenvalue weighted by Crippen LogP contribution is -2.27. The topological polar surface area (TPSA) is 129 Å². The third-order valence-electron chi connectivity index (χ3n) is 3.88. The fourth-order valence-corrected chi connectivity index (χ4v) is 2.73. The quantitative estimate of drug-likeness (QED) is 0.222. The molecule has 0 saturated heterocycles. The van der Waals surface area contributed by atoms with Crippen molar-refractivity contribution < 1.29 is 23.7 Å². The van der Waals surface area contributed by atoms with Crippen LogP contribution in [0.5, 0.6) is 5.75 Å². The number of nitrogens with zero attached hydrogens (tertiary/aromatic N) is 1. The number of carbonyl (C=O) groups excluding carboxylic acids is 2. The summed E-state index contributed by atoms with van der Waals surface area (Å²) < 4.78 is 10.3. The number of carbonyl (C=O) groups is 2. The van der Waals surface area contributed by atoms with E-state index in [9.17, 15) is 24.5 Å². The molecule has 3 aromatic rings. The Balaban J connectivity index is 1.93. The van der Waals surface area contributed by atoms with Crippen molar-refractivity contribution in [3.63, 3.8) is 0 Å². The molecular formula is C19H13ClN2O7. The van der Waals surface area contributed by atoms with Crippen LogP contribution >= 0.6 is 11.6 Å². The Morgan fingerprint density at radius 3 is 2.62 bits per heavy atom. The summed E-state index contributed by atoms with van der Waals surface area (Å²) in [4.78, 5) is 46.7. The Morgan fingerprint density at radius 1 is 1.17 bits per heavy atom. The Morgan fingerprint density at radius 2 is 1.93 bits per heavy atom. The second-order valence-electron chi connectivity index (χ2n) is 5.81. The van der Waals surface area contributed by atoms with Gasteiger partial charge in [-0.3, -0.25) is 14.9 Å². The molecule has 9 nitrogen and oxygen atoms in total. The normalized spacial score (nSPS) is 10.6. The maximum absolute atomic E-state index is 12.4. The first kappa shape index (κ1) is 20.0. The molecule has 0 unspecified atom stereocenters. The number of nitro groups is 1. The van der Waals surface area contributed by atoms with Gasteiger partial charge < -0.3 is 14.5 Å². The van der Waals surface area contributed by atoms with Crippen molar-refractivity contribution in [1.82, 2.24) is 5.32 Å². The highest BCUT2D eigenvalue weighted by Crippen LogP contribution is 2.26. The number of hydrogen-bond donors (Lipinski definition) is 1. The third-order valence-corrected chi connectivity index (χ3v) is 4.11. The van der Waals surface area contributed by atoms with Gasteiger partial charge in [0, 0.05) is 29.1 Å². The number of fused-ring (bicyclic) bond motifs is 1. The summed E-state index contributed by atoms with van der Waals surface area (Å²) in [5, 5.41) is 14.2. The van der Waals surface area contributed by atoms with Crippen molar-refractivity contribution in [2.75, 3.05) is 6.54 Å². The SMILES string of the molecule is CCNC(=O)c1cc2ccc(OC(=O)c3ccc(Cl)cc3[N+](=O)[O-])cc2oc1=O. The van der Waals surface area contributed by atoms with Crippen LogP contribution in [0.25, 0.3) is 11.0 Å². The first-order valence-electron chi connectivity index (χ1n) is 8.32. The molecule has 0 radical (unpaired) electrons. The number of esters is 1. The van der Waals surface area contributed by atoms with E-state index in [1.54, 1.807) is 6.92 Å². The summed E-state index contributed by atoms with van der Waals surface area (Å²) in [6.07, 6.45) is 0. The van der Waals surface area contributed by atoms with E-state index in [1.807, 2.05) is 0 Å². The molecule has 29 heavy (non-hydrogen) atoms. The van der Waals surface area contributed by atoms with Gasteiger partial charge in [0.05, 0.1) is 4.92 Å². The number of nitro benzene ring substituents is 1. The predicted octanol–water partition coefficient (Wildman–Crippen LogP) is 3.32. The molecule has 10 heteroatoms. The lowest BCUT2D eigenvalue weighted by atomic mass is 10.1. The van der Waals surface area contributed by atoms with Crippen molar-refractivity contribution >= 4 is 40.1 Å². The first-order chi connectivity index (χ1) is 13.8. The molecule has 0 aliphatic rings. The van der Waals surface area contributed by atoms with E-state index in [0.717, 1.165) is 6.07 Å². The van der Waals surface area contributed by atoms with Crippen LogP contribution in [-0.4, -0.2) is 23.3 Å². The van der Waals surface area contributed by atoms with Crippen LogP contribution in [0.2, 0.25) is 5.02 Å². The van der Waals surface area contributed by atoms with E-state index in [4.69, 9.17) is 20.8 Å². The number of hydrogen-bond acceptors (Lipinski definition) is 7. The molecule has 1 heterocycles. The van der Waals surface area contributed by atoms with E-state index in [-0.39, 0.29) is 27.5 Å². The average Bonchev–Trinajstić information content (AvgIpc) is 2.67. The highest BCUT2D eigenvalue weighted by atomic mass is 35.5. The van der Waals surface area contributed by atoms with Gasteiger partial charge in [-0.1, -0.05) is 11.6 Å². The average molecular weight is 417 g/mol. The molecule has 1 amide bonds. The van der Waals surface area contributed by atoms with Crippen LogP contribution in [0.1, 0.15) is 27.6 Å². The van der Waals surface area contributed by atoms with E-state index in [2.05, 4.69) is 5.32 Å². The number of amides is 1. The van der Waals surface area contributed by atoms with Crippen LogP contribution in [0.15, 0.2) is 51.7 Å². The van der Waals surface area contributed by atoms with Crippen LogP contribution in [-0.2, 0) is 0 Å². The lowest BCUT2D eigenvalue weighted by Gasteiger charge is -2.07. The predicted molar refractivity (Wildman–Crippen MR) is 104 cm³/mol. The standard InChI is InChI=1S/C19H13ClN2O7/c1-2-21-17(23)14-7-10-3-5-12(9-16(10)29-19(14)25)28-18(24)13-6-4-11(20)8-15(13)22(26)27/h3-9H,2H2,1H3,(H,21,23). The maximum atomic E-state index is 12.4. The van der Waals surface area contributed by atoms with Crippen LogP contribution in [0, 0.1) is 10.1 Å². The van der Waals surface area contributed by atoms with Crippen molar-refractivity contribution in [2.45, 2.75) is 6.92 Å². The first-order valence-corrected chi connectivity index (χ1v) is 8.70. The summed E-state index contributed by atoms with van der Waals surface area (Å²) >= 11 is 5.73. The largest absolute Gasteiger partial charge is 0.423 e. The lowest BCUT2D eigenvalue weighted by molar-refractivity contribution is -0.385. The highest BCUT2D eigenvalue weighted by molar-refractivity contribution is 6.31. The molecule has 2 aromatic carbocycles. The number of nitrogens with one attached hydrogen (secondary N) is 1. The Bertz CT molecular complexity index is 1200. The zero-order valence-electron chi connectivity index (χ0n) is 14.9. The molecule has 0 spiro atoms. The smallest absolute Gasteiger partial charge is 0.350 e. The molecule has 0 atom stereocenters. The second kappa shape index (κ2) is 8.11. The van der Waals surface area contributed by atoms with Gasteiger partial charge in [-0.2, -0.15) is 0 Å². The number of halogens is 1. The fourth-order valence-electron chi connectivity index (χ4n) is 2.56. The fraction of sp³-hybridized carbons (Fsp3) is 0.105. The minimum atomic E-state index is -0.978. The monoisotopic (exact) mass is 416 g/mol. The molecule has 3 rings (SSSR count). The Labute approximate surface area is 168 Å². The zero-order valence-corrected chi connectivity index (χ0v) is 15.7. The number of benzene rings is 2. The molecule has 0 fully saturated rings. The van der Waals surface area contributed by atoms with E-state index in [0.29, 0.717) is 11.9 Å². The van der Waals surface area contributed by atoms with Crippen molar-refractivity contribution in [2.24, 2.45) is 0 Å². The van der Waals surface area contributed by atoms with Crippen LogP contribution in [0.3, 0.4) is 0 Å².